The normalized spacial score (nSPS) is 10.9. The maximum Gasteiger partial charge on any atom is 0.164 e. The Labute approximate surface area is 120 Å². The first-order chi connectivity index (χ1) is 9.15. The van der Waals surface area contributed by atoms with Crippen LogP contribution in [0.25, 0.3) is 11.4 Å². The summed E-state index contributed by atoms with van der Waals surface area (Å²) in [6.45, 7) is 0.843. The van der Waals surface area contributed by atoms with E-state index in [0.29, 0.717) is 34.8 Å². The van der Waals surface area contributed by atoms with Crippen molar-refractivity contribution in [2.45, 2.75) is 13.2 Å². The first kappa shape index (κ1) is 14.3. The van der Waals surface area contributed by atoms with Crippen molar-refractivity contribution < 1.29 is 9.84 Å². The van der Waals surface area contributed by atoms with E-state index in [9.17, 15) is 5.11 Å². The lowest BCUT2D eigenvalue weighted by atomic mass is 10.2. The molecule has 102 valence electrons. The van der Waals surface area contributed by atoms with Crippen LogP contribution in [0.2, 0.25) is 10.0 Å². The molecule has 0 spiro atoms. The van der Waals surface area contributed by atoms with E-state index in [0.717, 1.165) is 5.56 Å². The summed E-state index contributed by atoms with van der Waals surface area (Å²) in [5.74, 6) is 1.08. The molecule has 1 aromatic carbocycles. The van der Waals surface area contributed by atoms with Gasteiger partial charge in [-0.25, -0.2) is 0 Å². The maximum atomic E-state index is 9.27. The molecule has 0 unspecified atom stereocenters. The summed E-state index contributed by atoms with van der Waals surface area (Å²) in [7, 11) is 1.61. The summed E-state index contributed by atoms with van der Waals surface area (Å²) in [6.07, 6.45) is 0. The van der Waals surface area contributed by atoms with E-state index in [1.165, 1.54) is 0 Å². The molecule has 0 radical (unpaired) electrons. The van der Waals surface area contributed by atoms with Crippen LogP contribution in [-0.4, -0.2) is 33.6 Å². The molecular formula is C12H13Cl2N3O2. The zero-order valence-electron chi connectivity index (χ0n) is 10.3. The Kier molecular flexibility index (Phi) is 4.76. The van der Waals surface area contributed by atoms with Crippen LogP contribution < -0.4 is 0 Å². The van der Waals surface area contributed by atoms with Gasteiger partial charge in [0.15, 0.2) is 11.6 Å². The highest BCUT2D eigenvalue weighted by Crippen LogP contribution is 2.26. The first-order valence-electron chi connectivity index (χ1n) is 5.64. The number of hydrogen-bond donors (Lipinski definition) is 1. The molecule has 1 aromatic heterocycles. The highest BCUT2D eigenvalue weighted by Gasteiger charge is 2.14. The van der Waals surface area contributed by atoms with Crippen LogP contribution in [0, 0.1) is 0 Å². The lowest BCUT2D eigenvalue weighted by Gasteiger charge is -2.09. The van der Waals surface area contributed by atoms with Gasteiger partial charge in [-0.3, -0.25) is 0 Å². The minimum atomic E-state index is -0.189. The van der Waals surface area contributed by atoms with E-state index in [-0.39, 0.29) is 6.61 Å². The molecule has 0 aliphatic heterocycles. The average Bonchev–Trinajstić information content (AvgIpc) is 2.77. The second kappa shape index (κ2) is 6.34. The fourth-order valence-corrected chi connectivity index (χ4v) is 2.29. The van der Waals surface area contributed by atoms with Crippen molar-refractivity contribution in [2.24, 2.45) is 0 Å². The molecule has 5 nitrogen and oxygen atoms in total. The van der Waals surface area contributed by atoms with Crippen molar-refractivity contribution in [1.29, 1.82) is 0 Å². The van der Waals surface area contributed by atoms with Gasteiger partial charge in [0.1, 0.15) is 6.61 Å². The molecule has 0 amide bonds. The zero-order chi connectivity index (χ0) is 13.8. The van der Waals surface area contributed by atoms with Gasteiger partial charge in [-0.1, -0.05) is 23.2 Å². The molecule has 2 aromatic rings. The van der Waals surface area contributed by atoms with Crippen molar-refractivity contribution >= 4 is 23.2 Å². The van der Waals surface area contributed by atoms with E-state index in [2.05, 4.69) is 10.2 Å². The summed E-state index contributed by atoms with van der Waals surface area (Å²) < 4.78 is 6.83. The molecular weight excluding hydrogens is 289 g/mol. The molecule has 2 rings (SSSR count). The van der Waals surface area contributed by atoms with Crippen LogP contribution in [0.5, 0.6) is 0 Å². The number of aliphatic hydroxyl groups is 1. The molecule has 1 heterocycles. The van der Waals surface area contributed by atoms with Gasteiger partial charge in [0.2, 0.25) is 0 Å². The van der Waals surface area contributed by atoms with Crippen molar-refractivity contribution in [3.8, 4) is 11.4 Å². The topological polar surface area (TPSA) is 60.2 Å². The van der Waals surface area contributed by atoms with Gasteiger partial charge >= 0.3 is 0 Å². The summed E-state index contributed by atoms with van der Waals surface area (Å²) >= 11 is 12.0. The van der Waals surface area contributed by atoms with Crippen LogP contribution in [0.1, 0.15) is 5.82 Å². The number of rotatable bonds is 5. The van der Waals surface area contributed by atoms with Gasteiger partial charge < -0.3 is 14.4 Å². The molecule has 0 fully saturated rings. The van der Waals surface area contributed by atoms with Gasteiger partial charge in [-0.15, -0.1) is 10.2 Å². The van der Waals surface area contributed by atoms with Crippen LogP contribution >= 0.6 is 23.2 Å². The molecule has 0 saturated heterocycles. The predicted octanol–water partition coefficient (Wildman–Crippen LogP) is 2.39. The number of hydrogen-bond acceptors (Lipinski definition) is 4. The van der Waals surface area contributed by atoms with Crippen LogP contribution in [0.4, 0.5) is 0 Å². The van der Waals surface area contributed by atoms with Crippen molar-refractivity contribution in [3.05, 3.63) is 34.1 Å². The van der Waals surface area contributed by atoms with E-state index in [1.54, 1.807) is 29.9 Å². The van der Waals surface area contributed by atoms with Gasteiger partial charge in [-0.2, -0.15) is 0 Å². The Morgan fingerprint density at radius 3 is 2.47 bits per heavy atom. The second-order valence-corrected chi connectivity index (χ2v) is 4.77. The number of benzene rings is 1. The maximum absolute atomic E-state index is 9.27. The molecule has 19 heavy (non-hydrogen) atoms. The number of aromatic nitrogens is 3. The number of ether oxygens (including phenoxy) is 1. The second-order valence-electron chi connectivity index (χ2n) is 3.90. The smallest absolute Gasteiger partial charge is 0.164 e. The first-order valence-corrected chi connectivity index (χ1v) is 6.39. The van der Waals surface area contributed by atoms with E-state index >= 15 is 0 Å². The third-order valence-electron chi connectivity index (χ3n) is 2.61. The third-order valence-corrected chi connectivity index (χ3v) is 3.05. The van der Waals surface area contributed by atoms with E-state index in [4.69, 9.17) is 27.9 Å². The third kappa shape index (κ3) is 3.25. The summed E-state index contributed by atoms with van der Waals surface area (Å²) in [5.41, 5.74) is 0.751. The number of methoxy groups -OCH3 is 1. The lowest BCUT2D eigenvalue weighted by Crippen LogP contribution is -2.10. The number of nitrogens with zero attached hydrogens (tertiary/aromatic N) is 3. The van der Waals surface area contributed by atoms with Crippen molar-refractivity contribution in [2.75, 3.05) is 13.7 Å². The molecule has 0 saturated carbocycles. The lowest BCUT2D eigenvalue weighted by molar-refractivity contribution is 0.183. The minimum absolute atomic E-state index is 0.189. The molecule has 1 N–H and O–H groups in total. The molecule has 0 aliphatic carbocycles. The van der Waals surface area contributed by atoms with Crippen LogP contribution in [-0.2, 0) is 17.9 Å². The zero-order valence-corrected chi connectivity index (χ0v) is 11.8. The van der Waals surface area contributed by atoms with Crippen LogP contribution in [0.3, 0.4) is 0 Å². The highest BCUT2D eigenvalue weighted by atomic mass is 35.5. The molecule has 0 bridgehead atoms. The van der Waals surface area contributed by atoms with E-state index in [1.807, 2.05) is 0 Å². The number of halogens is 2. The van der Waals surface area contributed by atoms with Crippen molar-refractivity contribution in [3.63, 3.8) is 0 Å². The monoisotopic (exact) mass is 301 g/mol. The molecule has 0 aliphatic rings. The Bertz CT molecular complexity index is 552. The Hall–Kier alpha value is -1.14. The highest BCUT2D eigenvalue weighted by molar-refractivity contribution is 6.35. The van der Waals surface area contributed by atoms with Gasteiger partial charge in [0, 0.05) is 29.3 Å². The Morgan fingerprint density at radius 1 is 1.21 bits per heavy atom. The minimum Gasteiger partial charge on any atom is -0.388 e. The molecule has 0 atom stereocenters. The van der Waals surface area contributed by atoms with Gasteiger partial charge in [0.05, 0.1) is 6.61 Å². The Morgan fingerprint density at radius 2 is 1.89 bits per heavy atom. The number of aliphatic hydroxyl groups excluding tert-OH is 1. The largest absolute Gasteiger partial charge is 0.388 e. The van der Waals surface area contributed by atoms with E-state index < -0.39 is 0 Å². The van der Waals surface area contributed by atoms with Gasteiger partial charge in [0.25, 0.3) is 0 Å². The summed E-state index contributed by atoms with van der Waals surface area (Å²) in [5, 5.41) is 18.3. The van der Waals surface area contributed by atoms with Gasteiger partial charge in [-0.05, 0) is 18.2 Å². The predicted molar refractivity (Wildman–Crippen MR) is 73.3 cm³/mol. The van der Waals surface area contributed by atoms with Crippen molar-refractivity contribution in [1.82, 2.24) is 14.8 Å². The Balaban J connectivity index is 2.45. The SMILES string of the molecule is COCCn1c(CO)nnc1-c1cc(Cl)cc(Cl)c1. The average molecular weight is 302 g/mol. The summed E-state index contributed by atoms with van der Waals surface area (Å²) in [4.78, 5) is 0. The van der Waals surface area contributed by atoms with Crippen LogP contribution in [0.15, 0.2) is 18.2 Å². The molecule has 7 heteroatoms. The quantitative estimate of drug-likeness (QED) is 0.921. The fourth-order valence-electron chi connectivity index (χ4n) is 1.77. The fraction of sp³-hybridized carbons (Fsp3) is 0.333. The summed E-state index contributed by atoms with van der Waals surface area (Å²) in [6, 6.07) is 5.15. The standard InChI is InChI=1S/C12H13Cl2N3O2/c1-19-3-2-17-11(7-18)15-16-12(17)8-4-9(13)6-10(14)5-8/h4-6,18H,2-3,7H2,1H3.